The Morgan fingerprint density at radius 1 is 1.38 bits per heavy atom. The molecule has 24 heavy (non-hydrogen) atoms. The third-order valence-corrected chi connectivity index (χ3v) is 5.39. The van der Waals surface area contributed by atoms with E-state index in [4.69, 9.17) is 12.2 Å². The summed E-state index contributed by atoms with van der Waals surface area (Å²) in [5, 5.41) is 5.04. The number of aryl methyl sites for hydroxylation is 1. The van der Waals surface area contributed by atoms with Crippen molar-refractivity contribution in [1.82, 2.24) is 9.88 Å². The lowest BCUT2D eigenvalue weighted by molar-refractivity contribution is -0.126. The highest BCUT2D eigenvalue weighted by Gasteiger charge is 2.33. The highest BCUT2D eigenvalue weighted by molar-refractivity contribution is 8.26. The van der Waals surface area contributed by atoms with Gasteiger partial charge in [-0.25, -0.2) is 4.98 Å². The second-order valence-corrected chi connectivity index (χ2v) is 7.55. The molecule has 3 rings (SSSR count). The normalized spacial score (nSPS) is 16.0. The van der Waals surface area contributed by atoms with Gasteiger partial charge in [0.1, 0.15) is 10.9 Å². The molecule has 1 fully saturated rings. The molecule has 0 aliphatic carbocycles. The summed E-state index contributed by atoms with van der Waals surface area (Å²) in [6, 6.07) is 9.52. The molecule has 0 atom stereocenters. The van der Waals surface area contributed by atoms with Crippen LogP contribution in [0.25, 0.3) is 6.08 Å². The van der Waals surface area contributed by atoms with Crippen LogP contribution >= 0.6 is 35.3 Å². The Bertz CT molecular complexity index is 830. The van der Waals surface area contributed by atoms with Gasteiger partial charge in [-0.3, -0.25) is 14.5 Å². The fraction of sp³-hybridized carbons (Fsp3) is 0.125. The summed E-state index contributed by atoms with van der Waals surface area (Å²) in [6.07, 6.45) is 1.78. The van der Waals surface area contributed by atoms with Crippen LogP contribution in [0.4, 0.5) is 5.13 Å². The first-order valence-electron chi connectivity index (χ1n) is 7.05. The molecule has 0 spiro atoms. The molecule has 1 saturated heterocycles. The topological polar surface area (TPSA) is 62.3 Å². The first kappa shape index (κ1) is 16.8. The number of nitrogens with one attached hydrogen (secondary N) is 1. The fourth-order valence-electron chi connectivity index (χ4n) is 2.05. The van der Waals surface area contributed by atoms with E-state index in [9.17, 15) is 9.59 Å². The minimum atomic E-state index is -0.318. The van der Waals surface area contributed by atoms with Gasteiger partial charge in [0, 0.05) is 5.38 Å². The summed E-state index contributed by atoms with van der Waals surface area (Å²) in [6.45, 7) is 1.73. The lowest BCUT2D eigenvalue weighted by Gasteiger charge is -2.13. The van der Waals surface area contributed by atoms with Crippen LogP contribution in [0, 0.1) is 6.92 Å². The van der Waals surface area contributed by atoms with Crippen molar-refractivity contribution < 1.29 is 9.59 Å². The lowest BCUT2D eigenvalue weighted by atomic mass is 10.2. The predicted octanol–water partition coefficient (Wildman–Crippen LogP) is 3.29. The molecule has 0 bridgehead atoms. The minimum absolute atomic E-state index is 0.116. The Kier molecular flexibility index (Phi) is 5.08. The molecule has 8 heteroatoms. The largest absolute Gasteiger partial charge is 0.300 e. The summed E-state index contributed by atoms with van der Waals surface area (Å²) in [5.41, 5.74) is 1.76. The predicted molar refractivity (Wildman–Crippen MR) is 102 cm³/mol. The van der Waals surface area contributed by atoms with Crippen LogP contribution in [0.15, 0.2) is 40.6 Å². The number of thioether (sulfide) groups is 1. The molecule has 122 valence electrons. The van der Waals surface area contributed by atoms with Crippen LogP contribution in [0.1, 0.15) is 11.3 Å². The molecule has 1 aliphatic rings. The number of anilines is 1. The zero-order valence-corrected chi connectivity index (χ0v) is 15.1. The van der Waals surface area contributed by atoms with E-state index in [1.165, 1.54) is 28.0 Å². The molecular formula is C16H13N3O2S3. The van der Waals surface area contributed by atoms with Gasteiger partial charge in [0.15, 0.2) is 5.13 Å². The van der Waals surface area contributed by atoms with Crippen LogP contribution < -0.4 is 5.32 Å². The number of nitrogens with zero attached hydrogens (tertiary/aromatic N) is 2. The minimum Gasteiger partial charge on any atom is -0.300 e. The van der Waals surface area contributed by atoms with E-state index in [0.29, 0.717) is 14.4 Å². The smallest absolute Gasteiger partial charge is 0.266 e. The van der Waals surface area contributed by atoms with Crippen LogP contribution in [0.3, 0.4) is 0 Å². The van der Waals surface area contributed by atoms with Crippen molar-refractivity contribution >= 4 is 62.7 Å². The molecule has 1 aromatic carbocycles. The second-order valence-electron chi connectivity index (χ2n) is 5.02. The number of benzene rings is 1. The number of thiocarbonyl (C=S) groups is 1. The molecule has 0 unspecified atom stereocenters. The zero-order valence-electron chi connectivity index (χ0n) is 12.7. The molecule has 2 amide bonds. The van der Waals surface area contributed by atoms with Crippen molar-refractivity contribution in [2.75, 3.05) is 11.9 Å². The third-order valence-electron chi connectivity index (χ3n) is 3.14. The Morgan fingerprint density at radius 2 is 2.12 bits per heavy atom. The molecule has 0 radical (unpaired) electrons. The summed E-state index contributed by atoms with van der Waals surface area (Å²) in [4.78, 5) is 30.6. The number of rotatable bonds is 4. The summed E-state index contributed by atoms with van der Waals surface area (Å²) in [7, 11) is 0. The number of thiazole rings is 1. The first-order valence-corrected chi connectivity index (χ1v) is 9.16. The van der Waals surface area contributed by atoms with Crippen LogP contribution in [0.2, 0.25) is 0 Å². The van der Waals surface area contributed by atoms with E-state index in [-0.39, 0.29) is 18.4 Å². The number of carbonyl (C=O) groups is 2. The van der Waals surface area contributed by atoms with Gasteiger partial charge in [-0.05, 0) is 18.6 Å². The van der Waals surface area contributed by atoms with E-state index in [2.05, 4.69) is 10.3 Å². The van der Waals surface area contributed by atoms with E-state index in [0.717, 1.165) is 11.3 Å². The SMILES string of the molecule is Cc1csc(NC(=O)CN2C(=O)C(=Cc3ccccc3)SC2=S)n1. The third kappa shape index (κ3) is 3.89. The van der Waals surface area contributed by atoms with Crippen molar-refractivity contribution in [3.05, 3.63) is 51.9 Å². The van der Waals surface area contributed by atoms with E-state index in [1.54, 1.807) is 6.08 Å². The molecule has 1 N–H and O–H groups in total. The van der Waals surface area contributed by atoms with Crippen molar-refractivity contribution in [2.45, 2.75) is 6.92 Å². The number of hydrogen-bond acceptors (Lipinski definition) is 6. The molecule has 5 nitrogen and oxygen atoms in total. The Hall–Kier alpha value is -2.03. The maximum absolute atomic E-state index is 12.5. The quantitative estimate of drug-likeness (QED) is 0.656. The monoisotopic (exact) mass is 375 g/mol. The molecule has 2 aromatic rings. The van der Waals surface area contributed by atoms with E-state index >= 15 is 0 Å². The maximum atomic E-state index is 12.5. The van der Waals surface area contributed by atoms with Crippen LogP contribution in [0.5, 0.6) is 0 Å². The highest BCUT2D eigenvalue weighted by Crippen LogP contribution is 2.32. The van der Waals surface area contributed by atoms with Gasteiger partial charge in [-0.1, -0.05) is 54.3 Å². The van der Waals surface area contributed by atoms with Gasteiger partial charge in [0.2, 0.25) is 5.91 Å². The van der Waals surface area contributed by atoms with Gasteiger partial charge in [-0.2, -0.15) is 0 Å². The number of carbonyl (C=O) groups excluding carboxylic acids is 2. The maximum Gasteiger partial charge on any atom is 0.266 e. The fourth-order valence-corrected chi connectivity index (χ4v) is 4.01. The average Bonchev–Trinajstić information content (AvgIpc) is 3.07. The Labute approximate surface area is 152 Å². The average molecular weight is 376 g/mol. The summed E-state index contributed by atoms with van der Waals surface area (Å²) >= 11 is 7.78. The lowest BCUT2D eigenvalue weighted by Crippen LogP contribution is -2.36. The van der Waals surface area contributed by atoms with Gasteiger partial charge >= 0.3 is 0 Å². The van der Waals surface area contributed by atoms with Crippen LogP contribution in [-0.2, 0) is 9.59 Å². The first-order chi connectivity index (χ1) is 11.5. The van der Waals surface area contributed by atoms with E-state index in [1.807, 2.05) is 42.6 Å². The molecule has 1 aliphatic heterocycles. The number of aromatic nitrogens is 1. The van der Waals surface area contributed by atoms with Gasteiger partial charge in [0.25, 0.3) is 5.91 Å². The summed E-state index contributed by atoms with van der Waals surface area (Å²) in [5.74, 6) is -0.569. The summed E-state index contributed by atoms with van der Waals surface area (Å²) < 4.78 is 0.382. The zero-order chi connectivity index (χ0) is 17.1. The van der Waals surface area contributed by atoms with Crippen molar-refractivity contribution in [1.29, 1.82) is 0 Å². The number of hydrogen-bond donors (Lipinski definition) is 1. The molecular weight excluding hydrogens is 362 g/mol. The van der Waals surface area contributed by atoms with Crippen molar-refractivity contribution in [2.24, 2.45) is 0 Å². The highest BCUT2D eigenvalue weighted by atomic mass is 32.2. The Balaban J connectivity index is 1.68. The van der Waals surface area contributed by atoms with Gasteiger partial charge < -0.3 is 5.32 Å². The van der Waals surface area contributed by atoms with Gasteiger partial charge in [-0.15, -0.1) is 11.3 Å². The Morgan fingerprint density at radius 3 is 2.79 bits per heavy atom. The standard InChI is InChI=1S/C16H13N3O2S3/c1-10-9-23-15(17-10)18-13(20)8-19-14(21)12(24-16(19)22)7-11-5-3-2-4-6-11/h2-7,9H,8H2,1H3,(H,17,18,20). The van der Waals surface area contributed by atoms with Crippen molar-refractivity contribution in [3.8, 4) is 0 Å². The van der Waals surface area contributed by atoms with E-state index < -0.39 is 0 Å². The van der Waals surface area contributed by atoms with Crippen molar-refractivity contribution in [3.63, 3.8) is 0 Å². The second kappa shape index (κ2) is 7.25. The molecule has 1 aromatic heterocycles. The molecule has 0 saturated carbocycles. The molecule has 2 heterocycles. The van der Waals surface area contributed by atoms with Gasteiger partial charge in [0.05, 0.1) is 10.6 Å². The van der Waals surface area contributed by atoms with Crippen LogP contribution in [-0.4, -0.2) is 32.6 Å². The number of amides is 2.